The molecule has 1 aromatic rings. The Kier molecular flexibility index (Phi) is 6.65. The van der Waals surface area contributed by atoms with Gasteiger partial charge in [0.1, 0.15) is 0 Å². The van der Waals surface area contributed by atoms with Crippen molar-refractivity contribution in [3.63, 3.8) is 0 Å². The normalized spacial score (nSPS) is 11.6. The maximum Gasteiger partial charge on any atom is 0.240 e. The highest BCUT2D eigenvalue weighted by atomic mass is 32.1. The highest BCUT2D eigenvalue weighted by molar-refractivity contribution is 7.14. The summed E-state index contributed by atoms with van der Waals surface area (Å²) < 4.78 is 0. The van der Waals surface area contributed by atoms with Crippen LogP contribution >= 0.6 is 11.3 Å². The van der Waals surface area contributed by atoms with E-state index in [-0.39, 0.29) is 5.91 Å². The number of aryl methyl sites for hydroxylation is 1. The van der Waals surface area contributed by atoms with Gasteiger partial charge in [-0.25, -0.2) is 5.43 Å². The van der Waals surface area contributed by atoms with Crippen molar-refractivity contribution in [3.8, 4) is 0 Å². The Morgan fingerprint density at radius 3 is 2.72 bits per heavy atom. The number of rotatable bonds is 7. The van der Waals surface area contributed by atoms with Crippen LogP contribution in [0.15, 0.2) is 17.2 Å². The molecule has 0 unspecified atom stereocenters. The van der Waals surface area contributed by atoms with E-state index in [2.05, 4.69) is 30.4 Å². The molecule has 0 aliphatic heterocycles. The highest BCUT2D eigenvalue weighted by Crippen LogP contribution is 2.15. The van der Waals surface area contributed by atoms with E-state index >= 15 is 0 Å². The topological polar surface area (TPSA) is 41.5 Å². The second-order valence-electron chi connectivity index (χ2n) is 4.45. The smallest absolute Gasteiger partial charge is 0.240 e. The van der Waals surface area contributed by atoms with E-state index in [1.807, 2.05) is 13.0 Å². The molecule has 0 saturated carbocycles. The van der Waals surface area contributed by atoms with Gasteiger partial charge in [0.2, 0.25) is 5.91 Å². The number of hydrogen-bond acceptors (Lipinski definition) is 3. The number of nitrogens with zero attached hydrogens (tertiary/aromatic N) is 1. The molecule has 0 radical (unpaired) electrons. The summed E-state index contributed by atoms with van der Waals surface area (Å²) in [5.41, 5.74) is 3.49. The Morgan fingerprint density at radius 1 is 1.33 bits per heavy atom. The van der Waals surface area contributed by atoms with Gasteiger partial charge in [0.05, 0.1) is 10.6 Å². The van der Waals surface area contributed by atoms with Crippen LogP contribution < -0.4 is 5.43 Å². The number of amides is 1. The first-order valence-corrected chi connectivity index (χ1v) is 7.35. The second kappa shape index (κ2) is 8.03. The number of hydrazone groups is 1. The SMILES string of the molecule is CCCCCCC(=O)NN=C(C)c1ccc(C)s1. The van der Waals surface area contributed by atoms with E-state index in [0.717, 1.165) is 23.4 Å². The fourth-order valence-corrected chi connectivity index (χ4v) is 2.41. The van der Waals surface area contributed by atoms with Crippen molar-refractivity contribution in [3.05, 3.63) is 21.9 Å². The lowest BCUT2D eigenvalue weighted by Crippen LogP contribution is -2.18. The molecule has 1 heterocycles. The zero-order chi connectivity index (χ0) is 13.4. The summed E-state index contributed by atoms with van der Waals surface area (Å²) in [6.45, 7) is 6.15. The summed E-state index contributed by atoms with van der Waals surface area (Å²) in [5, 5.41) is 4.13. The first-order chi connectivity index (χ1) is 8.63. The van der Waals surface area contributed by atoms with Crippen LogP contribution in [0.4, 0.5) is 0 Å². The third kappa shape index (κ3) is 5.45. The third-order valence-electron chi connectivity index (χ3n) is 2.70. The Labute approximate surface area is 113 Å². The van der Waals surface area contributed by atoms with Gasteiger partial charge in [-0.1, -0.05) is 26.2 Å². The van der Waals surface area contributed by atoms with Gasteiger partial charge in [-0.05, 0) is 32.4 Å². The Hall–Kier alpha value is -1.16. The van der Waals surface area contributed by atoms with Gasteiger partial charge in [0.15, 0.2) is 0 Å². The van der Waals surface area contributed by atoms with E-state index in [1.165, 1.54) is 17.7 Å². The minimum atomic E-state index is 0.0127. The Balaban J connectivity index is 2.32. The van der Waals surface area contributed by atoms with Crippen LogP contribution in [0.2, 0.25) is 0 Å². The fourth-order valence-electron chi connectivity index (χ4n) is 1.60. The molecule has 18 heavy (non-hydrogen) atoms. The lowest BCUT2D eigenvalue weighted by molar-refractivity contribution is -0.121. The molecule has 0 bridgehead atoms. The van der Waals surface area contributed by atoms with E-state index in [0.29, 0.717) is 6.42 Å². The van der Waals surface area contributed by atoms with Crippen LogP contribution in [-0.2, 0) is 4.79 Å². The molecule has 0 saturated heterocycles. The predicted molar refractivity (Wildman–Crippen MR) is 78.2 cm³/mol. The first-order valence-electron chi connectivity index (χ1n) is 6.53. The molecule has 0 spiro atoms. The van der Waals surface area contributed by atoms with Gasteiger partial charge >= 0.3 is 0 Å². The average molecular weight is 266 g/mol. The summed E-state index contributed by atoms with van der Waals surface area (Å²) in [6.07, 6.45) is 5.03. The second-order valence-corrected chi connectivity index (χ2v) is 5.74. The lowest BCUT2D eigenvalue weighted by Gasteiger charge is -2.01. The van der Waals surface area contributed by atoms with Crippen molar-refractivity contribution < 1.29 is 4.79 Å². The fraction of sp³-hybridized carbons (Fsp3) is 0.571. The van der Waals surface area contributed by atoms with Crippen LogP contribution in [-0.4, -0.2) is 11.6 Å². The minimum Gasteiger partial charge on any atom is -0.273 e. The third-order valence-corrected chi connectivity index (χ3v) is 3.81. The van der Waals surface area contributed by atoms with Crippen molar-refractivity contribution in [2.45, 2.75) is 52.9 Å². The monoisotopic (exact) mass is 266 g/mol. The van der Waals surface area contributed by atoms with Gasteiger partial charge in [-0.3, -0.25) is 4.79 Å². The van der Waals surface area contributed by atoms with Crippen LogP contribution in [0.3, 0.4) is 0 Å². The molecule has 0 atom stereocenters. The molecule has 1 aromatic heterocycles. The molecule has 4 heteroatoms. The molecule has 0 aliphatic rings. The van der Waals surface area contributed by atoms with Crippen molar-refractivity contribution in [1.29, 1.82) is 0 Å². The molecule has 0 aliphatic carbocycles. The summed E-state index contributed by atoms with van der Waals surface area (Å²) in [4.78, 5) is 13.9. The molecule has 3 nitrogen and oxygen atoms in total. The van der Waals surface area contributed by atoms with Gasteiger partial charge < -0.3 is 0 Å². The van der Waals surface area contributed by atoms with E-state index in [4.69, 9.17) is 0 Å². The van der Waals surface area contributed by atoms with E-state index in [1.54, 1.807) is 11.3 Å². The maximum absolute atomic E-state index is 11.5. The minimum absolute atomic E-state index is 0.0127. The van der Waals surface area contributed by atoms with Gasteiger partial charge in [0, 0.05) is 11.3 Å². The molecule has 1 rings (SSSR count). The predicted octanol–water partition coefficient (Wildman–Crippen LogP) is 3.87. The Morgan fingerprint density at radius 2 is 2.11 bits per heavy atom. The van der Waals surface area contributed by atoms with Crippen LogP contribution in [0.25, 0.3) is 0 Å². The number of carbonyl (C=O) groups excluding carboxylic acids is 1. The zero-order valence-corrected chi connectivity index (χ0v) is 12.3. The Bertz CT molecular complexity index is 410. The van der Waals surface area contributed by atoms with E-state index < -0.39 is 0 Å². The molecule has 100 valence electrons. The number of nitrogens with one attached hydrogen (secondary N) is 1. The summed E-state index contributed by atoms with van der Waals surface area (Å²) in [6, 6.07) is 4.10. The van der Waals surface area contributed by atoms with Crippen LogP contribution in [0, 0.1) is 6.92 Å². The molecule has 0 aromatic carbocycles. The van der Waals surface area contributed by atoms with Gasteiger partial charge in [-0.2, -0.15) is 5.10 Å². The molecular weight excluding hydrogens is 244 g/mol. The van der Waals surface area contributed by atoms with Gasteiger partial charge in [0.25, 0.3) is 0 Å². The summed E-state index contributed by atoms with van der Waals surface area (Å²) >= 11 is 1.69. The van der Waals surface area contributed by atoms with Crippen LogP contribution in [0.1, 0.15) is 55.7 Å². The summed E-state index contributed by atoms with van der Waals surface area (Å²) in [5.74, 6) is 0.0127. The van der Waals surface area contributed by atoms with E-state index in [9.17, 15) is 4.79 Å². The lowest BCUT2D eigenvalue weighted by atomic mass is 10.1. The number of hydrogen-bond donors (Lipinski definition) is 1. The molecule has 1 amide bonds. The summed E-state index contributed by atoms with van der Waals surface area (Å²) in [7, 11) is 0. The maximum atomic E-state index is 11.5. The first kappa shape index (κ1) is 14.9. The number of thiophene rings is 1. The average Bonchev–Trinajstić information content (AvgIpc) is 2.78. The number of unbranched alkanes of at least 4 members (excludes halogenated alkanes) is 3. The largest absolute Gasteiger partial charge is 0.273 e. The molecular formula is C14H22N2OS. The number of carbonyl (C=O) groups is 1. The van der Waals surface area contributed by atoms with Crippen molar-refractivity contribution in [2.24, 2.45) is 5.10 Å². The quantitative estimate of drug-likeness (QED) is 0.454. The van der Waals surface area contributed by atoms with Crippen molar-refractivity contribution in [1.82, 2.24) is 5.43 Å². The van der Waals surface area contributed by atoms with Crippen molar-refractivity contribution >= 4 is 23.0 Å². The van der Waals surface area contributed by atoms with Crippen molar-refractivity contribution in [2.75, 3.05) is 0 Å². The zero-order valence-electron chi connectivity index (χ0n) is 11.5. The molecule has 0 fully saturated rings. The highest BCUT2D eigenvalue weighted by Gasteiger charge is 2.02. The standard InChI is InChI=1S/C14H22N2OS/c1-4-5-6-7-8-14(17)16-15-12(3)13-10-9-11(2)18-13/h9-10H,4-8H2,1-3H3,(H,16,17). The van der Waals surface area contributed by atoms with Gasteiger partial charge in [-0.15, -0.1) is 11.3 Å². The molecule has 1 N–H and O–H groups in total. The van der Waals surface area contributed by atoms with Crippen LogP contribution in [0.5, 0.6) is 0 Å².